The van der Waals surface area contributed by atoms with Gasteiger partial charge >= 0.3 is 6.18 Å². The lowest BCUT2D eigenvalue weighted by atomic mass is 10.1. The van der Waals surface area contributed by atoms with Gasteiger partial charge in [0, 0.05) is 25.2 Å². The SMILES string of the molecule is O=[N+]([O-])c1ccc(CNc2nc(NCc3cccc(C(F)(F)F)c3)nc3c2NCN3)cc1. The zero-order valence-electron chi connectivity index (χ0n) is 16.5. The Morgan fingerprint density at radius 2 is 1.75 bits per heavy atom. The number of nitro benzene ring substituents is 1. The molecule has 0 bridgehead atoms. The lowest BCUT2D eigenvalue weighted by Crippen LogP contribution is -2.10. The standard InChI is InChI=1S/C20H18F3N7O2/c21-20(22,23)14-3-1-2-13(8-14)10-25-19-28-17(16-18(29-19)27-11-26-16)24-9-12-4-6-15(7-5-12)30(31)32/h1-8,26H,9-11H2,(H3,24,25,27,28,29). The highest BCUT2D eigenvalue weighted by atomic mass is 19.4. The Hall–Kier alpha value is -4.09. The van der Waals surface area contributed by atoms with Gasteiger partial charge in [-0.2, -0.15) is 23.1 Å². The summed E-state index contributed by atoms with van der Waals surface area (Å²) >= 11 is 0. The van der Waals surface area contributed by atoms with Crippen molar-refractivity contribution in [2.45, 2.75) is 19.3 Å². The maximum Gasteiger partial charge on any atom is 0.416 e. The van der Waals surface area contributed by atoms with Crippen molar-refractivity contribution in [3.05, 3.63) is 75.3 Å². The van der Waals surface area contributed by atoms with Gasteiger partial charge in [-0.15, -0.1) is 0 Å². The fraction of sp³-hybridized carbons (Fsp3) is 0.200. The summed E-state index contributed by atoms with van der Waals surface area (Å²) in [6, 6.07) is 11.2. The third-order valence-corrected chi connectivity index (χ3v) is 4.74. The molecule has 0 unspecified atom stereocenters. The molecule has 166 valence electrons. The Bertz CT molecular complexity index is 1140. The van der Waals surface area contributed by atoms with E-state index in [4.69, 9.17) is 0 Å². The Morgan fingerprint density at radius 3 is 2.47 bits per heavy atom. The quantitative estimate of drug-likeness (QED) is 0.312. The molecular weight excluding hydrogens is 427 g/mol. The molecule has 12 heteroatoms. The second kappa shape index (κ2) is 8.57. The molecule has 2 heterocycles. The van der Waals surface area contributed by atoms with Gasteiger partial charge in [-0.05, 0) is 23.3 Å². The average molecular weight is 445 g/mol. The van der Waals surface area contributed by atoms with Crippen molar-refractivity contribution in [1.82, 2.24) is 9.97 Å². The van der Waals surface area contributed by atoms with Crippen molar-refractivity contribution in [1.29, 1.82) is 0 Å². The molecule has 2 aromatic carbocycles. The summed E-state index contributed by atoms with van der Waals surface area (Å²) in [6.07, 6.45) is -4.41. The molecule has 0 radical (unpaired) electrons. The molecule has 0 aliphatic carbocycles. The van der Waals surface area contributed by atoms with Gasteiger partial charge in [-0.1, -0.05) is 24.3 Å². The van der Waals surface area contributed by atoms with E-state index in [0.29, 0.717) is 36.1 Å². The van der Waals surface area contributed by atoms with Crippen molar-refractivity contribution in [3.8, 4) is 0 Å². The summed E-state index contributed by atoms with van der Waals surface area (Å²) in [7, 11) is 0. The number of benzene rings is 2. The van der Waals surface area contributed by atoms with Crippen molar-refractivity contribution in [2.24, 2.45) is 0 Å². The number of anilines is 4. The maximum absolute atomic E-state index is 12.9. The summed E-state index contributed by atoms with van der Waals surface area (Å²) in [5, 5.41) is 23.1. The van der Waals surface area contributed by atoms with Gasteiger partial charge in [0.05, 0.1) is 17.2 Å². The number of nitro groups is 1. The number of alkyl halides is 3. The molecular formula is C20H18F3N7O2. The largest absolute Gasteiger partial charge is 0.416 e. The molecule has 0 amide bonds. The summed E-state index contributed by atoms with van der Waals surface area (Å²) in [4.78, 5) is 19.1. The molecule has 9 nitrogen and oxygen atoms in total. The van der Waals surface area contributed by atoms with Gasteiger partial charge in [0.25, 0.3) is 5.69 Å². The summed E-state index contributed by atoms with van der Waals surface area (Å²) in [6.45, 7) is 0.918. The number of hydrogen-bond acceptors (Lipinski definition) is 8. The molecule has 0 spiro atoms. The van der Waals surface area contributed by atoms with E-state index in [-0.39, 0.29) is 18.2 Å². The van der Waals surface area contributed by atoms with Crippen molar-refractivity contribution < 1.29 is 18.1 Å². The second-order valence-corrected chi connectivity index (χ2v) is 6.98. The normalized spacial score (nSPS) is 12.5. The van der Waals surface area contributed by atoms with Crippen LogP contribution in [0.25, 0.3) is 0 Å². The minimum absolute atomic E-state index is 0.00335. The van der Waals surface area contributed by atoms with Crippen LogP contribution in [0.5, 0.6) is 0 Å². The van der Waals surface area contributed by atoms with Crippen LogP contribution in [0.2, 0.25) is 0 Å². The molecule has 3 aromatic rings. The zero-order chi connectivity index (χ0) is 22.7. The van der Waals surface area contributed by atoms with Crippen LogP contribution in [0.3, 0.4) is 0 Å². The minimum atomic E-state index is -4.41. The Balaban J connectivity index is 1.48. The topological polar surface area (TPSA) is 117 Å². The third-order valence-electron chi connectivity index (χ3n) is 4.74. The number of halogens is 3. The van der Waals surface area contributed by atoms with Crippen LogP contribution >= 0.6 is 0 Å². The van der Waals surface area contributed by atoms with E-state index in [1.165, 1.54) is 18.2 Å². The molecule has 1 aromatic heterocycles. The van der Waals surface area contributed by atoms with E-state index in [9.17, 15) is 23.3 Å². The van der Waals surface area contributed by atoms with Gasteiger partial charge in [0.2, 0.25) is 5.95 Å². The molecule has 4 rings (SSSR count). The second-order valence-electron chi connectivity index (χ2n) is 6.98. The number of hydrogen-bond donors (Lipinski definition) is 4. The number of nitrogens with one attached hydrogen (secondary N) is 4. The highest BCUT2D eigenvalue weighted by Crippen LogP contribution is 2.33. The van der Waals surface area contributed by atoms with Gasteiger partial charge < -0.3 is 21.3 Å². The number of rotatable bonds is 7. The van der Waals surface area contributed by atoms with Crippen LogP contribution in [-0.2, 0) is 19.3 Å². The third kappa shape index (κ3) is 4.79. The Kier molecular flexibility index (Phi) is 5.67. The predicted molar refractivity (Wildman–Crippen MR) is 113 cm³/mol. The van der Waals surface area contributed by atoms with Crippen LogP contribution in [-0.4, -0.2) is 21.6 Å². The monoisotopic (exact) mass is 445 g/mol. The minimum Gasteiger partial charge on any atom is -0.364 e. The van der Waals surface area contributed by atoms with Gasteiger partial charge in [0.15, 0.2) is 11.6 Å². The van der Waals surface area contributed by atoms with Crippen LogP contribution < -0.4 is 21.3 Å². The van der Waals surface area contributed by atoms with E-state index >= 15 is 0 Å². The molecule has 0 atom stereocenters. The molecule has 1 aliphatic heterocycles. The average Bonchev–Trinajstić information content (AvgIpc) is 3.25. The first kappa shape index (κ1) is 21.2. The smallest absolute Gasteiger partial charge is 0.364 e. The van der Waals surface area contributed by atoms with E-state index in [1.807, 2.05) is 0 Å². The first-order valence-corrected chi connectivity index (χ1v) is 9.56. The summed E-state index contributed by atoms with van der Waals surface area (Å²) in [5.74, 6) is 1.28. The van der Waals surface area contributed by atoms with Crippen molar-refractivity contribution >= 4 is 29.0 Å². The Labute approximate surface area is 180 Å². The highest BCUT2D eigenvalue weighted by Gasteiger charge is 2.30. The number of nitrogens with zero attached hydrogens (tertiary/aromatic N) is 3. The molecule has 32 heavy (non-hydrogen) atoms. The Morgan fingerprint density at radius 1 is 1.00 bits per heavy atom. The first-order chi connectivity index (χ1) is 15.3. The number of fused-ring (bicyclic) bond motifs is 1. The zero-order valence-corrected chi connectivity index (χ0v) is 16.5. The lowest BCUT2D eigenvalue weighted by Gasteiger charge is -2.13. The van der Waals surface area contributed by atoms with Gasteiger partial charge in [-0.3, -0.25) is 10.1 Å². The van der Waals surface area contributed by atoms with E-state index in [0.717, 1.165) is 17.7 Å². The van der Waals surface area contributed by atoms with E-state index in [2.05, 4.69) is 31.2 Å². The van der Waals surface area contributed by atoms with Crippen LogP contribution in [0.15, 0.2) is 48.5 Å². The van der Waals surface area contributed by atoms with Crippen LogP contribution in [0.1, 0.15) is 16.7 Å². The fourth-order valence-electron chi connectivity index (χ4n) is 3.14. The highest BCUT2D eigenvalue weighted by molar-refractivity contribution is 5.81. The predicted octanol–water partition coefficient (Wildman–Crippen LogP) is 4.42. The molecule has 0 saturated carbocycles. The van der Waals surface area contributed by atoms with E-state index < -0.39 is 16.7 Å². The molecule has 0 fully saturated rings. The molecule has 1 aliphatic rings. The van der Waals surface area contributed by atoms with Crippen molar-refractivity contribution in [2.75, 3.05) is 27.9 Å². The molecule has 0 saturated heterocycles. The number of aromatic nitrogens is 2. The van der Waals surface area contributed by atoms with E-state index in [1.54, 1.807) is 18.2 Å². The van der Waals surface area contributed by atoms with Gasteiger partial charge in [-0.25, -0.2) is 0 Å². The van der Waals surface area contributed by atoms with Crippen LogP contribution in [0, 0.1) is 10.1 Å². The number of non-ortho nitro benzene ring substituents is 1. The molecule has 4 N–H and O–H groups in total. The lowest BCUT2D eigenvalue weighted by molar-refractivity contribution is -0.384. The maximum atomic E-state index is 12.9. The van der Waals surface area contributed by atoms with Crippen LogP contribution in [0.4, 0.5) is 42.1 Å². The summed E-state index contributed by atoms with van der Waals surface area (Å²) < 4.78 is 38.8. The first-order valence-electron chi connectivity index (χ1n) is 9.56. The van der Waals surface area contributed by atoms with Gasteiger partial charge in [0.1, 0.15) is 5.69 Å². The fourth-order valence-corrected chi connectivity index (χ4v) is 3.14. The van der Waals surface area contributed by atoms with Crippen molar-refractivity contribution in [3.63, 3.8) is 0 Å². The summed E-state index contributed by atoms with van der Waals surface area (Å²) in [5.41, 5.74) is 1.20.